The van der Waals surface area contributed by atoms with Gasteiger partial charge < -0.3 is 9.13 Å². The molecular weight excluding hydrogens is 905 g/mol. The molecule has 13 rings (SSSR count). The maximum atomic E-state index is 6.26. The number of terminal acetylenes is 2. The van der Waals surface area contributed by atoms with Crippen molar-refractivity contribution in [1.29, 1.82) is 0 Å². The van der Waals surface area contributed by atoms with Crippen molar-refractivity contribution < 1.29 is 0 Å². The summed E-state index contributed by atoms with van der Waals surface area (Å²) in [7, 11) is 0. The molecule has 2 aliphatic rings. The maximum Gasteiger partial charge on any atom is 0.0841 e. The minimum absolute atomic E-state index is 0.0862. The van der Waals surface area contributed by atoms with Crippen LogP contribution in [-0.2, 0) is 35.8 Å². The summed E-state index contributed by atoms with van der Waals surface area (Å²) < 4.78 is 4.70. The van der Waals surface area contributed by atoms with E-state index in [4.69, 9.17) is 12.8 Å². The van der Waals surface area contributed by atoms with Crippen molar-refractivity contribution in [3.8, 4) is 58.1 Å². The number of aromatic nitrogens is 2. The minimum atomic E-state index is -0.445. The summed E-state index contributed by atoms with van der Waals surface area (Å²) in [5, 5.41) is 4.80. The molecule has 364 valence electrons. The van der Waals surface area contributed by atoms with Crippen molar-refractivity contribution in [2.75, 3.05) is 0 Å². The van der Waals surface area contributed by atoms with E-state index in [0.717, 1.165) is 35.8 Å². The molecule has 0 aliphatic heterocycles. The molecule has 0 spiro atoms. The molecule has 2 heteroatoms. The number of fused-ring (bicyclic) bond motifs is 12. The zero-order valence-electron chi connectivity index (χ0n) is 44.1. The molecule has 0 saturated heterocycles. The maximum absolute atomic E-state index is 6.26. The normalized spacial score (nSPS) is 14.2. The van der Waals surface area contributed by atoms with Gasteiger partial charge in [0.05, 0.1) is 46.0 Å². The minimum Gasteiger partial charge on any atom is -0.329 e. The van der Waals surface area contributed by atoms with Crippen molar-refractivity contribution in [2.45, 2.75) is 90.1 Å². The lowest BCUT2D eigenvalue weighted by atomic mass is 9.57. The van der Waals surface area contributed by atoms with Gasteiger partial charge in [0.2, 0.25) is 0 Å². The monoisotopic (exact) mass is 966 g/mol. The van der Waals surface area contributed by atoms with Crippen LogP contribution in [0.25, 0.3) is 77.0 Å². The standard InChI is InChI=1S/C73H62N2/c1-9-41-74-66-43-48(29-39-58(66)60-45-69-61(46-68(60)74)59-40-38-53(71(8,11-3)12-4)44-67(59)75(69)42-10-2)47-72(62-25-17-13-21-54(62)55-22-14-18-26-63(55)72)51-34-30-49(31-35-51)50-32-36-52(37-33-50)73(70(5,6)7)64-27-19-15-23-56(64)57-24-16-20-28-65(57)73/h1-2,13-40,43-46H,11-12,41-42,47H2,3-8H3. The fourth-order valence-electron chi connectivity index (χ4n) is 14.3. The molecule has 2 heterocycles. The largest absolute Gasteiger partial charge is 0.329 e. The van der Waals surface area contributed by atoms with Crippen LogP contribution in [-0.4, -0.2) is 9.13 Å². The highest BCUT2D eigenvalue weighted by Crippen LogP contribution is 2.61. The van der Waals surface area contributed by atoms with Gasteiger partial charge in [-0.05, 0) is 132 Å². The fourth-order valence-corrected chi connectivity index (χ4v) is 14.3. The average Bonchev–Trinajstić information content (AvgIpc) is 4.15. The zero-order valence-corrected chi connectivity index (χ0v) is 44.1. The summed E-state index contributed by atoms with van der Waals surface area (Å²) >= 11 is 0. The summed E-state index contributed by atoms with van der Waals surface area (Å²) in [6.45, 7) is 15.1. The number of rotatable bonds is 10. The smallest absolute Gasteiger partial charge is 0.0841 e. The molecule has 2 aromatic heterocycles. The van der Waals surface area contributed by atoms with E-state index in [2.05, 4.69) is 257 Å². The van der Waals surface area contributed by atoms with Gasteiger partial charge >= 0.3 is 0 Å². The first-order valence-corrected chi connectivity index (χ1v) is 27.0. The highest BCUT2D eigenvalue weighted by molar-refractivity contribution is 6.18. The molecule has 2 nitrogen and oxygen atoms in total. The van der Waals surface area contributed by atoms with Crippen molar-refractivity contribution in [3.05, 3.63) is 239 Å². The van der Waals surface area contributed by atoms with Gasteiger partial charge in [0, 0.05) is 21.5 Å². The first kappa shape index (κ1) is 46.5. The molecule has 0 fully saturated rings. The molecule has 0 unspecified atom stereocenters. The van der Waals surface area contributed by atoms with Crippen LogP contribution >= 0.6 is 0 Å². The highest BCUT2D eigenvalue weighted by atomic mass is 15.0. The second-order valence-electron chi connectivity index (χ2n) is 22.7. The first-order valence-electron chi connectivity index (χ1n) is 27.0. The van der Waals surface area contributed by atoms with Crippen LogP contribution in [0, 0.1) is 30.1 Å². The van der Waals surface area contributed by atoms with Gasteiger partial charge in [-0.15, -0.1) is 12.8 Å². The van der Waals surface area contributed by atoms with Crippen LogP contribution in [0.5, 0.6) is 0 Å². The van der Waals surface area contributed by atoms with E-state index in [9.17, 15) is 0 Å². The van der Waals surface area contributed by atoms with Crippen molar-refractivity contribution >= 4 is 43.6 Å². The molecule has 2 aliphatic carbocycles. The van der Waals surface area contributed by atoms with Crippen LogP contribution in [0.1, 0.15) is 98.9 Å². The summed E-state index contributed by atoms with van der Waals surface area (Å²) in [4.78, 5) is 0. The lowest BCUT2D eigenvalue weighted by Crippen LogP contribution is -2.40. The SMILES string of the molecule is C#CCn1c2cc(CC3(c4ccc(-c5ccc(C6(C(C)(C)C)c7ccccc7-c7ccccc76)cc5)cc4)c4ccccc4-c4ccccc43)ccc2c2cc3c(cc21)c1ccc(C(C)(CC)CC)cc1n3CC#C. The first-order chi connectivity index (χ1) is 36.5. The number of hydrogen-bond acceptors (Lipinski definition) is 0. The topological polar surface area (TPSA) is 9.86 Å². The number of nitrogens with zero attached hydrogens (tertiary/aromatic N) is 2. The van der Waals surface area contributed by atoms with E-state index >= 15 is 0 Å². The van der Waals surface area contributed by atoms with Crippen molar-refractivity contribution in [3.63, 3.8) is 0 Å². The van der Waals surface area contributed by atoms with Crippen LogP contribution in [0.2, 0.25) is 0 Å². The predicted octanol–water partition coefficient (Wildman–Crippen LogP) is 17.8. The van der Waals surface area contributed by atoms with Crippen LogP contribution in [0.3, 0.4) is 0 Å². The Kier molecular flexibility index (Phi) is 10.6. The number of benzene rings is 9. The summed E-state index contributed by atoms with van der Waals surface area (Å²) in [5.41, 5.74) is 22.3. The van der Waals surface area contributed by atoms with E-state index in [0.29, 0.717) is 13.1 Å². The second kappa shape index (κ2) is 17.1. The molecule has 75 heavy (non-hydrogen) atoms. The van der Waals surface area contributed by atoms with Gasteiger partial charge in [0.25, 0.3) is 0 Å². The lowest BCUT2D eigenvalue weighted by molar-refractivity contribution is 0.277. The quantitative estimate of drug-likeness (QED) is 0.121. The molecule has 0 radical (unpaired) electrons. The Morgan fingerprint density at radius 3 is 1.31 bits per heavy atom. The van der Waals surface area contributed by atoms with E-state index < -0.39 is 5.41 Å². The Balaban J connectivity index is 0.925. The van der Waals surface area contributed by atoms with Gasteiger partial charge in [-0.1, -0.05) is 223 Å². The van der Waals surface area contributed by atoms with Crippen LogP contribution in [0.15, 0.2) is 194 Å². The lowest BCUT2D eigenvalue weighted by Gasteiger charge is -2.44. The number of hydrogen-bond donors (Lipinski definition) is 0. The third-order valence-electron chi connectivity index (χ3n) is 18.3. The molecule has 9 aromatic carbocycles. The second-order valence-corrected chi connectivity index (χ2v) is 22.7. The molecule has 0 atom stereocenters. The van der Waals surface area contributed by atoms with Gasteiger partial charge in [-0.3, -0.25) is 0 Å². The van der Waals surface area contributed by atoms with Gasteiger partial charge in [-0.25, -0.2) is 0 Å². The van der Waals surface area contributed by atoms with Crippen LogP contribution in [0.4, 0.5) is 0 Å². The fraction of sp³-hybridized carbons (Fsp3) is 0.205. The zero-order chi connectivity index (χ0) is 51.4. The van der Waals surface area contributed by atoms with E-state index in [1.54, 1.807) is 0 Å². The predicted molar refractivity (Wildman–Crippen MR) is 317 cm³/mol. The Labute approximate surface area is 442 Å². The average molecular weight is 967 g/mol. The third-order valence-corrected chi connectivity index (χ3v) is 18.3. The highest BCUT2D eigenvalue weighted by Gasteiger charge is 2.52. The summed E-state index contributed by atoms with van der Waals surface area (Å²) in [5.74, 6) is 6.03. The Bertz CT molecular complexity index is 4090. The van der Waals surface area contributed by atoms with Crippen molar-refractivity contribution in [2.24, 2.45) is 5.41 Å². The Morgan fingerprint density at radius 2 is 0.840 bits per heavy atom. The van der Waals surface area contributed by atoms with Gasteiger partial charge in [0.1, 0.15) is 0 Å². The molecule has 0 bridgehead atoms. The summed E-state index contributed by atoms with van der Waals surface area (Å²) in [6, 6.07) is 74.0. The summed E-state index contributed by atoms with van der Waals surface area (Å²) in [6.07, 6.45) is 15.3. The van der Waals surface area contributed by atoms with Crippen molar-refractivity contribution in [1.82, 2.24) is 9.13 Å². The Hall–Kier alpha value is -8.30. The van der Waals surface area contributed by atoms with E-state index in [1.807, 2.05) is 0 Å². The van der Waals surface area contributed by atoms with Crippen LogP contribution < -0.4 is 0 Å². The van der Waals surface area contributed by atoms with Gasteiger partial charge in [0.15, 0.2) is 0 Å². The van der Waals surface area contributed by atoms with Gasteiger partial charge in [-0.2, -0.15) is 0 Å². The van der Waals surface area contributed by atoms with E-state index in [-0.39, 0.29) is 16.2 Å². The Morgan fingerprint density at radius 1 is 0.427 bits per heavy atom. The molecule has 11 aromatic rings. The molecule has 0 amide bonds. The third kappa shape index (κ3) is 6.55. The molecule has 0 saturated carbocycles. The molecule has 0 N–H and O–H groups in total. The van der Waals surface area contributed by atoms with E-state index in [1.165, 1.54) is 105 Å². The molecular formula is C73H62N2.